The summed E-state index contributed by atoms with van der Waals surface area (Å²) in [5.74, 6) is -1.03. The molecule has 0 fully saturated rings. The molecule has 68 heavy (non-hydrogen) atoms. The molecule has 0 aliphatic rings. The van der Waals surface area contributed by atoms with Crippen molar-refractivity contribution in [3.8, 4) is 0 Å². The molecule has 0 amide bonds. The van der Waals surface area contributed by atoms with E-state index < -0.39 is 6.10 Å². The topological polar surface area (TPSA) is 78.9 Å². The smallest absolute Gasteiger partial charge is 0.306 e. The Balaban J connectivity index is 4.63. The van der Waals surface area contributed by atoms with E-state index in [1.54, 1.807) is 0 Å². The highest BCUT2D eigenvalue weighted by atomic mass is 16.6. The van der Waals surface area contributed by atoms with Crippen molar-refractivity contribution in [3.05, 3.63) is 158 Å². The second kappa shape index (κ2) is 54.6. The second-order valence-corrected chi connectivity index (χ2v) is 17.0. The monoisotopic (exact) mass is 935 g/mol. The molecule has 0 spiro atoms. The Labute approximate surface area is 416 Å². The number of allylic oxidation sites excluding steroid dienone is 26. The lowest BCUT2D eigenvalue weighted by atomic mass is 10.1. The second-order valence-electron chi connectivity index (χ2n) is 17.0. The highest BCUT2D eigenvalue weighted by Crippen LogP contribution is 2.13. The van der Waals surface area contributed by atoms with Crippen LogP contribution >= 0.6 is 0 Å². The summed E-state index contributed by atoms with van der Waals surface area (Å²) in [6.07, 6.45) is 79.3. The molecule has 1 unspecified atom stereocenters. The van der Waals surface area contributed by atoms with E-state index in [1.807, 2.05) is 122 Å². The average Bonchev–Trinajstić information content (AvgIpc) is 3.34. The van der Waals surface area contributed by atoms with Crippen LogP contribution < -0.4 is 0 Å². The van der Waals surface area contributed by atoms with Gasteiger partial charge in [0.25, 0.3) is 0 Å². The molecule has 6 nitrogen and oxygen atoms in total. The van der Waals surface area contributed by atoms with Crippen molar-refractivity contribution in [3.63, 3.8) is 0 Å². The van der Waals surface area contributed by atoms with E-state index in [1.165, 1.54) is 57.8 Å². The summed E-state index contributed by atoms with van der Waals surface area (Å²) < 4.78 is 16.7. The van der Waals surface area contributed by atoms with Gasteiger partial charge >= 0.3 is 17.9 Å². The Bertz CT molecular complexity index is 1590. The zero-order valence-electron chi connectivity index (χ0n) is 43.0. The van der Waals surface area contributed by atoms with Crippen LogP contribution in [0.15, 0.2) is 158 Å². The summed E-state index contributed by atoms with van der Waals surface area (Å²) in [4.78, 5) is 38.1. The summed E-state index contributed by atoms with van der Waals surface area (Å²) in [5.41, 5.74) is 0. The van der Waals surface area contributed by atoms with E-state index in [9.17, 15) is 14.4 Å². The first kappa shape index (κ1) is 63.0. The Morgan fingerprint density at radius 2 is 0.588 bits per heavy atom. The fourth-order valence-electron chi connectivity index (χ4n) is 6.62. The molecule has 0 aliphatic heterocycles. The van der Waals surface area contributed by atoms with Gasteiger partial charge in [-0.05, 0) is 83.5 Å². The van der Waals surface area contributed by atoms with Crippen LogP contribution in [-0.4, -0.2) is 37.2 Å². The fourth-order valence-corrected chi connectivity index (χ4v) is 6.62. The zero-order chi connectivity index (χ0) is 49.3. The summed E-state index contributed by atoms with van der Waals surface area (Å²) in [5, 5.41) is 0. The van der Waals surface area contributed by atoms with E-state index >= 15 is 0 Å². The molecule has 0 aromatic rings. The largest absolute Gasteiger partial charge is 0.462 e. The number of hydrogen-bond donors (Lipinski definition) is 0. The lowest BCUT2D eigenvalue weighted by molar-refractivity contribution is -0.167. The number of carbonyl (C=O) groups is 3. The number of esters is 3. The molecule has 0 aromatic carbocycles. The number of hydrogen-bond acceptors (Lipinski definition) is 6. The number of ether oxygens (including phenoxy) is 3. The summed E-state index contributed by atoms with van der Waals surface area (Å²) in [6, 6.07) is 0. The maximum absolute atomic E-state index is 12.8. The molecular weight excluding hydrogens is 841 g/mol. The molecule has 1 atom stereocenters. The number of rotatable bonds is 45. The minimum atomic E-state index is -0.832. The van der Waals surface area contributed by atoms with Crippen molar-refractivity contribution in [1.82, 2.24) is 0 Å². The third kappa shape index (κ3) is 52.0. The normalized spacial score (nSPS) is 13.4. The van der Waals surface area contributed by atoms with Crippen LogP contribution in [0, 0.1) is 0 Å². The third-order valence-electron chi connectivity index (χ3n) is 10.6. The van der Waals surface area contributed by atoms with E-state index in [0.717, 1.165) is 83.5 Å². The first-order valence-corrected chi connectivity index (χ1v) is 26.7. The van der Waals surface area contributed by atoms with Gasteiger partial charge in [0, 0.05) is 19.3 Å². The first-order valence-electron chi connectivity index (χ1n) is 26.7. The van der Waals surface area contributed by atoms with Crippen LogP contribution in [0.3, 0.4) is 0 Å². The maximum Gasteiger partial charge on any atom is 0.306 e. The van der Waals surface area contributed by atoms with Gasteiger partial charge in [-0.25, -0.2) is 0 Å². The molecule has 0 bridgehead atoms. The highest BCUT2D eigenvalue weighted by Gasteiger charge is 2.19. The van der Waals surface area contributed by atoms with Crippen molar-refractivity contribution < 1.29 is 28.6 Å². The van der Waals surface area contributed by atoms with Crippen LogP contribution in [-0.2, 0) is 28.6 Å². The van der Waals surface area contributed by atoms with Gasteiger partial charge < -0.3 is 14.2 Å². The van der Waals surface area contributed by atoms with Crippen molar-refractivity contribution in [2.75, 3.05) is 13.2 Å². The van der Waals surface area contributed by atoms with Crippen LogP contribution in [0.2, 0.25) is 0 Å². The Morgan fingerprint density at radius 3 is 0.956 bits per heavy atom. The minimum absolute atomic E-state index is 0.123. The van der Waals surface area contributed by atoms with Crippen molar-refractivity contribution >= 4 is 17.9 Å². The standard InChI is InChI=1S/C62H94O6/c1-4-7-10-13-16-19-22-25-28-31-34-37-40-43-46-49-52-55-61(64)67-58-59(57-66-60(63)54-51-48-45-42-39-36-33-30-27-24-21-18-15-12-9-6-3)68-62(65)56-53-50-47-44-41-38-35-32-29-26-23-20-17-14-11-8-5-2/h7-8,10-11,13-14,16-17,19-20,22-23,25-26,28-35,37-38,40-41,59H,4-6,9,12,15,18,21,24,27,36,39,42-58H2,1-3H3/b10-7-,11-8-,16-13-,17-14-,22-19-,23-20-,28-25-,29-26-,33-30-,34-31+,35-32+,40-37-,41-38-. The van der Waals surface area contributed by atoms with Gasteiger partial charge in [-0.2, -0.15) is 0 Å². The maximum atomic E-state index is 12.8. The van der Waals surface area contributed by atoms with Crippen LogP contribution in [0.25, 0.3) is 0 Å². The Kier molecular flexibility index (Phi) is 50.6. The fraction of sp³-hybridized carbons (Fsp3) is 0.532. The minimum Gasteiger partial charge on any atom is -0.462 e. The predicted molar refractivity (Wildman–Crippen MR) is 292 cm³/mol. The number of unbranched alkanes of at least 4 members (excludes halogenated alkanes) is 18. The summed E-state index contributed by atoms with van der Waals surface area (Å²) in [6.45, 7) is 6.24. The van der Waals surface area contributed by atoms with Crippen molar-refractivity contribution in [1.29, 1.82) is 0 Å². The lowest BCUT2D eigenvalue weighted by Crippen LogP contribution is -2.30. The van der Waals surface area contributed by atoms with Gasteiger partial charge in [0.2, 0.25) is 0 Å². The third-order valence-corrected chi connectivity index (χ3v) is 10.6. The van der Waals surface area contributed by atoms with E-state index in [-0.39, 0.29) is 44.0 Å². The Hall–Kier alpha value is -4.97. The predicted octanol–water partition coefficient (Wildman–Crippen LogP) is 17.8. The van der Waals surface area contributed by atoms with E-state index in [0.29, 0.717) is 19.3 Å². The molecule has 0 saturated carbocycles. The molecular formula is C62H94O6. The SMILES string of the molecule is CC\C=C/C=C\C=C/C=C\C=C\C=C/CCCCCC(=O)OCC(COC(=O)CCCCCCC/C=C\CCCCCCCCC)OC(=O)CCCCC\C=C/C=C/C=C\C=C/C=C\C=C/CC. The zero-order valence-corrected chi connectivity index (χ0v) is 43.0. The van der Waals surface area contributed by atoms with Gasteiger partial charge in [-0.3, -0.25) is 14.4 Å². The lowest BCUT2D eigenvalue weighted by Gasteiger charge is -2.18. The van der Waals surface area contributed by atoms with Gasteiger partial charge in [-0.15, -0.1) is 0 Å². The quantitative estimate of drug-likeness (QED) is 0.0199. The van der Waals surface area contributed by atoms with Crippen LogP contribution in [0.4, 0.5) is 0 Å². The molecule has 0 saturated heterocycles. The molecule has 0 aromatic heterocycles. The van der Waals surface area contributed by atoms with Crippen molar-refractivity contribution in [2.45, 2.75) is 200 Å². The van der Waals surface area contributed by atoms with E-state index in [4.69, 9.17) is 14.2 Å². The first-order chi connectivity index (χ1) is 33.5. The van der Waals surface area contributed by atoms with Crippen molar-refractivity contribution in [2.24, 2.45) is 0 Å². The summed E-state index contributed by atoms with van der Waals surface area (Å²) >= 11 is 0. The van der Waals surface area contributed by atoms with Gasteiger partial charge in [0.05, 0.1) is 0 Å². The molecule has 0 rings (SSSR count). The van der Waals surface area contributed by atoms with E-state index in [2.05, 4.69) is 57.2 Å². The molecule has 0 aliphatic carbocycles. The molecule has 378 valence electrons. The molecule has 0 radical (unpaired) electrons. The molecule has 0 heterocycles. The van der Waals surface area contributed by atoms with Gasteiger partial charge in [0.15, 0.2) is 6.10 Å². The molecule has 6 heteroatoms. The van der Waals surface area contributed by atoms with Crippen LogP contribution in [0.1, 0.15) is 194 Å². The molecule has 0 N–H and O–H groups in total. The average molecular weight is 935 g/mol. The Morgan fingerprint density at radius 1 is 0.309 bits per heavy atom. The van der Waals surface area contributed by atoms with Gasteiger partial charge in [-0.1, -0.05) is 249 Å². The summed E-state index contributed by atoms with van der Waals surface area (Å²) in [7, 11) is 0. The van der Waals surface area contributed by atoms with Gasteiger partial charge in [0.1, 0.15) is 13.2 Å². The van der Waals surface area contributed by atoms with Crippen LogP contribution in [0.5, 0.6) is 0 Å². The number of carbonyl (C=O) groups excluding carboxylic acids is 3. The highest BCUT2D eigenvalue weighted by molar-refractivity contribution is 5.71.